The Balaban J connectivity index is 2.68. The molecule has 3 nitrogen and oxygen atoms in total. The lowest BCUT2D eigenvalue weighted by Crippen LogP contribution is -2.20. The van der Waals surface area contributed by atoms with Crippen LogP contribution in [-0.2, 0) is 0 Å². The highest BCUT2D eigenvalue weighted by Gasteiger charge is 2.30. The lowest BCUT2D eigenvalue weighted by Gasteiger charge is -2.14. The highest BCUT2D eigenvalue weighted by Crippen LogP contribution is 2.25. The van der Waals surface area contributed by atoms with E-state index in [0.29, 0.717) is 5.56 Å². The first-order valence-corrected chi connectivity index (χ1v) is 4.91. The summed E-state index contributed by atoms with van der Waals surface area (Å²) < 4.78 is 0. The summed E-state index contributed by atoms with van der Waals surface area (Å²) in [4.78, 5) is 23.7. The minimum absolute atomic E-state index is 0.0613. The molecule has 1 N–H and O–H groups in total. The lowest BCUT2D eigenvalue weighted by atomic mass is 9.88. The number of rotatable bonds is 1. The van der Waals surface area contributed by atoms with Gasteiger partial charge in [0.1, 0.15) is 0 Å². The highest BCUT2D eigenvalue weighted by molar-refractivity contribution is 6.26. The summed E-state index contributed by atoms with van der Waals surface area (Å²) in [6.45, 7) is 1.72. The zero-order valence-electron chi connectivity index (χ0n) is 8.73. The molecular formula is C13H10O3. The van der Waals surface area contributed by atoms with Crippen molar-refractivity contribution in [3.05, 3.63) is 58.9 Å². The Morgan fingerprint density at radius 2 is 1.62 bits per heavy atom. The maximum Gasteiger partial charge on any atom is 0.228 e. The first-order chi connectivity index (χ1) is 7.66. The second-order valence-corrected chi connectivity index (χ2v) is 3.47. The summed E-state index contributed by atoms with van der Waals surface area (Å²) in [6.07, 6.45) is 3.07. The number of benzene rings is 1. The average molecular weight is 214 g/mol. The molecule has 0 amide bonds. The smallest absolute Gasteiger partial charge is 0.228 e. The van der Waals surface area contributed by atoms with Crippen LogP contribution >= 0.6 is 0 Å². The molecule has 80 valence electrons. The Kier molecular flexibility index (Phi) is 2.44. The maximum absolute atomic E-state index is 11.9. The van der Waals surface area contributed by atoms with Crippen molar-refractivity contribution in [2.45, 2.75) is 6.92 Å². The van der Waals surface area contributed by atoms with Gasteiger partial charge in [-0.3, -0.25) is 9.59 Å². The molecule has 1 aliphatic rings. The van der Waals surface area contributed by atoms with Crippen LogP contribution in [0.5, 0.6) is 0 Å². The largest absolute Gasteiger partial charge is 0.504 e. The number of ketones is 2. The molecular weight excluding hydrogens is 204 g/mol. The fraction of sp³-hybridized carbons (Fsp3) is 0.0769. The minimum Gasteiger partial charge on any atom is -0.504 e. The first kappa shape index (κ1) is 10.4. The van der Waals surface area contributed by atoms with Gasteiger partial charge in [-0.05, 0) is 6.92 Å². The molecule has 2 rings (SSSR count). The molecule has 0 fully saturated rings. The van der Waals surface area contributed by atoms with Crippen LogP contribution in [0.15, 0.2) is 47.7 Å². The van der Waals surface area contributed by atoms with Gasteiger partial charge in [-0.15, -0.1) is 0 Å². The molecule has 0 atom stereocenters. The van der Waals surface area contributed by atoms with Gasteiger partial charge in [0.25, 0.3) is 0 Å². The van der Waals surface area contributed by atoms with Gasteiger partial charge in [0.05, 0.1) is 5.57 Å². The number of carbonyl (C=O) groups excluding carboxylic acids is 2. The van der Waals surface area contributed by atoms with Gasteiger partial charge >= 0.3 is 0 Å². The van der Waals surface area contributed by atoms with Gasteiger partial charge in [-0.25, -0.2) is 0 Å². The summed E-state index contributed by atoms with van der Waals surface area (Å²) in [5.74, 6) is -1.28. The molecule has 1 aromatic carbocycles. The summed E-state index contributed by atoms with van der Waals surface area (Å²) >= 11 is 0. The fourth-order valence-corrected chi connectivity index (χ4v) is 1.70. The SMILES string of the molecule is C/C=C\C1=C(O)C(=O)c2ccccc2C1=O. The Hall–Kier alpha value is -2.16. The van der Waals surface area contributed by atoms with E-state index >= 15 is 0 Å². The number of fused-ring (bicyclic) bond motifs is 1. The molecule has 0 unspecified atom stereocenters. The van der Waals surface area contributed by atoms with Crippen molar-refractivity contribution in [3.8, 4) is 0 Å². The van der Waals surface area contributed by atoms with Crippen molar-refractivity contribution in [1.82, 2.24) is 0 Å². The molecule has 0 heterocycles. The predicted molar refractivity (Wildman–Crippen MR) is 59.6 cm³/mol. The molecule has 0 aliphatic heterocycles. The van der Waals surface area contributed by atoms with Crippen LogP contribution in [0.1, 0.15) is 27.6 Å². The number of Topliss-reactive ketones (excluding diaryl/α,β-unsaturated/α-hetero) is 2. The van der Waals surface area contributed by atoms with Crippen molar-refractivity contribution in [3.63, 3.8) is 0 Å². The molecule has 0 saturated heterocycles. The van der Waals surface area contributed by atoms with Crippen LogP contribution < -0.4 is 0 Å². The molecule has 0 spiro atoms. The van der Waals surface area contributed by atoms with Crippen LogP contribution in [0.25, 0.3) is 0 Å². The number of hydrogen-bond acceptors (Lipinski definition) is 3. The van der Waals surface area contributed by atoms with E-state index in [2.05, 4.69) is 0 Å². The molecule has 0 saturated carbocycles. The Morgan fingerprint density at radius 3 is 2.19 bits per heavy atom. The van der Waals surface area contributed by atoms with Crippen molar-refractivity contribution in [2.75, 3.05) is 0 Å². The van der Waals surface area contributed by atoms with Gasteiger partial charge in [0.15, 0.2) is 11.5 Å². The lowest BCUT2D eigenvalue weighted by molar-refractivity contribution is 0.0932. The van der Waals surface area contributed by atoms with Gasteiger partial charge in [-0.1, -0.05) is 36.4 Å². The molecule has 0 bridgehead atoms. The fourth-order valence-electron chi connectivity index (χ4n) is 1.70. The minimum atomic E-state index is -0.497. The Labute approximate surface area is 92.7 Å². The molecule has 1 aromatic rings. The summed E-state index contributed by atoms with van der Waals surface area (Å²) in [5.41, 5.74) is 0.669. The molecule has 3 heteroatoms. The zero-order valence-corrected chi connectivity index (χ0v) is 8.73. The number of aliphatic hydroxyl groups excluding tert-OH is 1. The van der Waals surface area contributed by atoms with Crippen molar-refractivity contribution < 1.29 is 14.7 Å². The van der Waals surface area contributed by atoms with E-state index in [9.17, 15) is 14.7 Å². The summed E-state index contributed by atoms with van der Waals surface area (Å²) in [6, 6.07) is 6.49. The van der Waals surface area contributed by atoms with Crippen LogP contribution in [0.3, 0.4) is 0 Å². The number of carbonyl (C=O) groups is 2. The van der Waals surface area contributed by atoms with Crippen LogP contribution in [0.4, 0.5) is 0 Å². The van der Waals surface area contributed by atoms with Gasteiger partial charge in [0.2, 0.25) is 5.78 Å². The van der Waals surface area contributed by atoms with E-state index < -0.39 is 11.5 Å². The summed E-state index contributed by atoms with van der Waals surface area (Å²) in [5, 5.41) is 9.64. The zero-order chi connectivity index (χ0) is 11.7. The predicted octanol–water partition coefficient (Wildman–Crippen LogP) is 2.45. The van der Waals surface area contributed by atoms with Crippen LogP contribution in [0.2, 0.25) is 0 Å². The van der Waals surface area contributed by atoms with Crippen molar-refractivity contribution in [1.29, 1.82) is 0 Å². The molecule has 0 aromatic heterocycles. The van der Waals surface area contributed by atoms with Crippen molar-refractivity contribution >= 4 is 11.6 Å². The van der Waals surface area contributed by atoms with Gasteiger partial charge < -0.3 is 5.11 Å². The van der Waals surface area contributed by atoms with Crippen LogP contribution in [0, 0.1) is 0 Å². The van der Waals surface area contributed by atoms with E-state index in [0.717, 1.165) is 0 Å². The number of hydrogen-bond donors (Lipinski definition) is 1. The van der Waals surface area contributed by atoms with E-state index in [1.807, 2.05) is 0 Å². The molecule has 16 heavy (non-hydrogen) atoms. The molecule has 0 radical (unpaired) electrons. The topological polar surface area (TPSA) is 54.4 Å². The van der Waals surface area contributed by atoms with Gasteiger partial charge in [0, 0.05) is 11.1 Å². The molecule has 1 aliphatic carbocycles. The Bertz CT molecular complexity index is 536. The standard InChI is InChI=1S/C13H10O3/c1-2-5-10-11(14)8-6-3-4-7-9(8)12(15)13(10)16/h2-7,16H,1H3/b5-2-. The third-order valence-corrected chi connectivity index (χ3v) is 2.46. The monoisotopic (exact) mass is 214 g/mol. The average Bonchev–Trinajstić information content (AvgIpc) is 2.32. The second-order valence-electron chi connectivity index (χ2n) is 3.47. The van der Waals surface area contributed by atoms with E-state index in [-0.39, 0.29) is 16.9 Å². The van der Waals surface area contributed by atoms with E-state index in [1.54, 1.807) is 31.2 Å². The maximum atomic E-state index is 11.9. The quantitative estimate of drug-likeness (QED) is 0.781. The highest BCUT2D eigenvalue weighted by atomic mass is 16.3. The second kappa shape index (κ2) is 3.77. The first-order valence-electron chi connectivity index (χ1n) is 4.91. The van der Waals surface area contributed by atoms with E-state index in [4.69, 9.17) is 0 Å². The van der Waals surface area contributed by atoms with Gasteiger partial charge in [-0.2, -0.15) is 0 Å². The third kappa shape index (κ3) is 1.37. The summed E-state index contributed by atoms with van der Waals surface area (Å²) in [7, 11) is 0. The number of allylic oxidation sites excluding steroid dienone is 4. The van der Waals surface area contributed by atoms with Crippen molar-refractivity contribution in [2.24, 2.45) is 0 Å². The Morgan fingerprint density at radius 1 is 1.06 bits per heavy atom. The number of aliphatic hydroxyl groups is 1. The normalized spacial score (nSPS) is 15.8. The van der Waals surface area contributed by atoms with Crippen LogP contribution in [-0.4, -0.2) is 16.7 Å². The van der Waals surface area contributed by atoms with E-state index in [1.165, 1.54) is 12.1 Å². The third-order valence-electron chi connectivity index (χ3n) is 2.46.